The lowest BCUT2D eigenvalue weighted by Crippen LogP contribution is -2.24. The lowest BCUT2D eigenvalue weighted by Gasteiger charge is -2.09. The van der Waals surface area contributed by atoms with Crippen LogP contribution in [-0.4, -0.2) is 17.2 Å². The molecule has 5 nitrogen and oxygen atoms in total. The van der Waals surface area contributed by atoms with Gasteiger partial charge in [-0.25, -0.2) is 0 Å². The van der Waals surface area contributed by atoms with E-state index in [-0.39, 0.29) is 5.91 Å². The van der Waals surface area contributed by atoms with Crippen molar-refractivity contribution in [1.29, 1.82) is 0 Å². The summed E-state index contributed by atoms with van der Waals surface area (Å²) in [5.74, 6) is -0.0966. The number of nitrogens with one attached hydrogen (secondary N) is 3. The average molecular weight is 326 g/mol. The van der Waals surface area contributed by atoms with Crippen molar-refractivity contribution in [3.8, 4) is 0 Å². The Kier molecular flexibility index (Phi) is 5.82. The summed E-state index contributed by atoms with van der Waals surface area (Å²) in [6, 6.07) is 15.2. The molecule has 0 bridgehead atoms. The van der Waals surface area contributed by atoms with Crippen LogP contribution in [0.5, 0.6) is 0 Å². The zero-order valence-electron chi connectivity index (χ0n) is 13.0. The molecule has 0 atom stereocenters. The van der Waals surface area contributed by atoms with Crippen LogP contribution < -0.4 is 16.1 Å². The van der Waals surface area contributed by atoms with Crippen molar-refractivity contribution in [2.24, 2.45) is 5.10 Å². The van der Waals surface area contributed by atoms with Crippen LogP contribution in [0, 0.1) is 6.92 Å². The molecule has 0 unspecified atom stereocenters. The van der Waals surface area contributed by atoms with E-state index in [2.05, 4.69) is 21.2 Å². The van der Waals surface area contributed by atoms with Gasteiger partial charge in [-0.3, -0.25) is 10.2 Å². The summed E-state index contributed by atoms with van der Waals surface area (Å²) in [4.78, 5) is 11.0. The molecule has 1 amide bonds. The van der Waals surface area contributed by atoms with Crippen molar-refractivity contribution >= 4 is 40.8 Å². The molecule has 0 fully saturated rings. The quantitative estimate of drug-likeness (QED) is 0.458. The van der Waals surface area contributed by atoms with Crippen molar-refractivity contribution in [2.75, 3.05) is 10.6 Å². The third-order valence-electron chi connectivity index (χ3n) is 3.00. The molecular formula is C17H18N4OS. The predicted molar refractivity (Wildman–Crippen MR) is 98.9 cm³/mol. The Bertz CT molecular complexity index is 726. The number of thiocarbonyl (C=S) groups is 1. The van der Waals surface area contributed by atoms with Crippen LogP contribution in [0.3, 0.4) is 0 Å². The third kappa shape index (κ3) is 5.52. The van der Waals surface area contributed by atoms with Gasteiger partial charge in [0.15, 0.2) is 5.11 Å². The Labute approximate surface area is 140 Å². The molecule has 0 aliphatic carbocycles. The van der Waals surface area contributed by atoms with Gasteiger partial charge in [-0.1, -0.05) is 30.3 Å². The summed E-state index contributed by atoms with van der Waals surface area (Å²) >= 11 is 5.20. The van der Waals surface area contributed by atoms with Gasteiger partial charge in [-0.05, 0) is 48.5 Å². The zero-order chi connectivity index (χ0) is 16.7. The van der Waals surface area contributed by atoms with Gasteiger partial charge in [-0.15, -0.1) is 0 Å². The number of para-hydroxylation sites is 1. The maximum atomic E-state index is 11.0. The number of carbonyl (C=O) groups is 1. The second kappa shape index (κ2) is 8.05. The molecule has 0 saturated carbocycles. The smallest absolute Gasteiger partial charge is 0.221 e. The lowest BCUT2D eigenvalue weighted by atomic mass is 10.2. The number of amides is 1. The van der Waals surface area contributed by atoms with E-state index in [1.807, 2.05) is 55.5 Å². The Morgan fingerprint density at radius 2 is 1.78 bits per heavy atom. The van der Waals surface area contributed by atoms with Crippen molar-refractivity contribution < 1.29 is 4.79 Å². The largest absolute Gasteiger partial charge is 0.331 e. The topological polar surface area (TPSA) is 65.5 Å². The summed E-state index contributed by atoms with van der Waals surface area (Å²) in [6.45, 7) is 3.48. The van der Waals surface area contributed by atoms with Gasteiger partial charge in [-0.2, -0.15) is 5.10 Å². The molecule has 0 aromatic heterocycles. The first-order valence-corrected chi connectivity index (χ1v) is 7.49. The molecular weight excluding hydrogens is 308 g/mol. The van der Waals surface area contributed by atoms with Crippen molar-refractivity contribution in [1.82, 2.24) is 5.43 Å². The van der Waals surface area contributed by atoms with E-state index in [1.54, 1.807) is 6.21 Å². The van der Waals surface area contributed by atoms with Crippen LogP contribution in [0.2, 0.25) is 0 Å². The van der Waals surface area contributed by atoms with E-state index < -0.39 is 0 Å². The molecule has 2 rings (SSSR count). The monoisotopic (exact) mass is 326 g/mol. The first-order valence-electron chi connectivity index (χ1n) is 7.08. The Balaban J connectivity index is 1.87. The van der Waals surface area contributed by atoms with E-state index in [9.17, 15) is 4.79 Å². The summed E-state index contributed by atoms with van der Waals surface area (Å²) < 4.78 is 0. The summed E-state index contributed by atoms with van der Waals surface area (Å²) in [7, 11) is 0. The van der Waals surface area contributed by atoms with Crippen LogP contribution in [0.1, 0.15) is 18.1 Å². The second-order valence-corrected chi connectivity index (χ2v) is 5.35. The average Bonchev–Trinajstić information content (AvgIpc) is 2.51. The van der Waals surface area contributed by atoms with E-state index in [0.717, 1.165) is 22.5 Å². The highest BCUT2D eigenvalue weighted by Crippen LogP contribution is 2.12. The second-order valence-electron chi connectivity index (χ2n) is 4.94. The summed E-state index contributed by atoms with van der Waals surface area (Å²) in [5, 5.41) is 10.3. The molecule has 0 aliphatic heterocycles. The number of anilines is 2. The molecule has 118 valence electrons. The molecule has 23 heavy (non-hydrogen) atoms. The van der Waals surface area contributed by atoms with Crippen LogP contribution in [0.15, 0.2) is 53.6 Å². The number of aryl methyl sites for hydroxylation is 1. The molecule has 0 radical (unpaired) electrons. The first kappa shape index (κ1) is 16.6. The molecule has 0 saturated heterocycles. The zero-order valence-corrected chi connectivity index (χ0v) is 13.8. The molecule has 0 aliphatic rings. The van der Waals surface area contributed by atoms with E-state index in [4.69, 9.17) is 12.2 Å². The number of rotatable bonds is 4. The molecule has 0 spiro atoms. The highest BCUT2D eigenvalue weighted by Gasteiger charge is 1.99. The number of hydrazone groups is 1. The molecule has 2 aromatic carbocycles. The molecule has 3 N–H and O–H groups in total. The van der Waals surface area contributed by atoms with Gasteiger partial charge >= 0.3 is 0 Å². The minimum absolute atomic E-state index is 0.0966. The molecule has 6 heteroatoms. The maximum Gasteiger partial charge on any atom is 0.221 e. The van der Waals surface area contributed by atoms with Crippen molar-refractivity contribution in [3.63, 3.8) is 0 Å². The van der Waals surface area contributed by atoms with Crippen LogP contribution in [0.4, 0.5) is 11.4 Å². The minimum atomic E-state index is -0.0966. The number of hydrogen-bond donors (Lipinski definition) is 3. The van der Waals surface area contributed by atoms with Crippen LogP contribution in [0.25, 0.3) is 0 Å². The fourth-order valence-corrected chi connectivity index (χ4v) is 2.05. The Morgan fingerprint density at radius 1 is 1.09 bits per heavy atom. The Hall–Kier alpha value is -2.73. The van der Waals surface area contributed by atoms with Gasteiger partial charge in [0, 0.05) is 18.3 Å². The van der Waals surface area contributed by atoms with Gasteiger partial charge < -0.3 is 10.6 Å². The van der Waals surface area contributed by atoms with Crippen LogP contribution >= 0.6 is 12.2 Å². The number of benzene rings is 2. The summed E-state index contributed by atoms with van der Waals surface area (Å²) in [5.41, 5.74) is 6.47. The lowest BCUT2D eigenvalue weighted by molar-refractivity contribution is -0.114. The van der Waals surface area contributed by atoms with Gasteiger partial charge in [0.2, 0.25) is 5.91 Å². The number of hydrogen-bond acceptors (Lipinski definition) is 3. The van der Waals surface area contributed by atoms with Gasteiger partial charge in [0.1, 0.15) is 0 Å². The predicted octanol–water partition coefficient (Wildman–Crippen LogP) is 3.27. The fraction of sp³-hybridized carbons (Fsp3) is 0.118. The highest BCUT2D eigenvalue weighted by molar-refractivity contribution is 7.80. The highest BCUT2D eigenvalue weighted by atomic mass is 32.1. The summed E-state index contributed by atoms with van der Waals surface area (Å²) in [6.07, 6.45) is 1.66. The van der Waals surface area contributed by atoms with Gasteiger partial charge in [0.05, 0.1) is 6.21 Å². The molecule has 2 aromatic rings. The third-order valence-corrected chi connectivity index (χ3v) is 3.20. The van der Waals surface area contributed by atoms with Crippen LogP contribution in [-0.2, 0) is 4.79 Å². The maximum absolute atomic E-state index is 11.0. The molecule has 0 heterocycles. The van der Waals surface area contributed by atoms with Gasteiger partial charge in [0.25, 0.3) is 0 Å². The number of carbonyl (C=O) groups excluding carboxylic acids is 1. The van der Waals surface area contributed by atoms with E-state index >= 15 is 0 Å². The first-order chi connectivity index (χ1) is 11.0. The van der Waals surface area contributed by atoms with Crippen molar-refractivity contribution in [3.05, 3.63) is 59.7 Å². The normalized spacial score (nSPS) is 10.3. The van der Waals surface area contributed by atoms with Crippen molar-refractivity contribution in [2.45, 2.75) is 13.8 Å². The fourth-order valence-electron chi connectivity index (χ4n) is 1.88. The minimum Gasteiger partial charge on any atom is -0.331 e. The number of nitrogens with zero attached hydrogens (tertiary/aromatic N) is 1. The van der Waals surface area contributed by atoms with E-state index in [1.165, 1.54) is 6.92 Å². The van der Waals surface area contributed by atoms with E-state index in [0.29, 0.717) is 5.11 Å². The standard InChI is InChI=1S/C17H18N4OS/c1-12-5-3-4-6-16(12)20-17(23)21-18-11-14-7-9-15(10-8-14)19-13(2)22/h3-11H,1-2H3,(H,19,22)(H2,20,21,23)/b18-11-. The Morgan fingerprint density at radius 3 is 2.43 bits per heavy atom. The SMILES string of the molecule is CC(=O)Nc1ccc(/C=N\NC(=S)Nc2ccccc2C)cc1.